The van der Waals surface area contributed by atoms with Crippen molar-refractivity contribution in [2.24, 2.45) is 0 Å². The second kappa shape index (κ2) is 2.86. The van der Waals surface area contributed by atoms with Gasteiger partial charge in [0.2, 0.25) is 0 Å². The van der Waals surface area contributed by atoms with Crippen LogP contribution in [0.3, 0.4) is 0 Å². The van der Waals surface area contributed by atoms with E-state index in [2.05, 4.69) is 4.98 Å². The Balaban J connectivity index is 2.83. The molecular formula is C10H7N2O. The lowest BCUT2D eigenvalue weighted by Crippen LogP contribution is -2.02. The minimum absolute atomic E-state index is 0.220. The van der Waals surface area contributed by atoms with Gasteiger partial charge in [-0.05, 0) is 11.5 Å². The molecule has 0 saturated heterocycles. The molecule has 1 radical (unpaired) electrons. The number of hydrogen-bond acceptors (Lipinski definition) is 2. The zero-order valence-corrected chi connectivity index (χ0v) is 6.82. The first-order chi connectivity index (χ1) is 6.29. The molecule has 3 nitrogen and oxygen atoms in total. The topological polar surface area (TPSA) is 53.8 Å². The zero-order valence-electron chi connectivity index (χ0n) is 6.82. The van der Waals surface area contributed by atoms with Gasteiger partial charge in [0.15, 0.2) is 0 Å². The van der Waals surface area contributed by atoms with Crippen molar-refractivity contribution < 1.29 is 4.79 Å². The van der Waals surface area contributed by atoms with Crippen molar-refractivity contribution >= 4 is 16.7 Å². The lowest BCUT2D eigenvalue weighted by Gasteiger charge is -1.99. The van der Waals surface area contributed by atoms with E-state index in [0.29, 0.717) is 0 Å². The van der Waals surface area contributed by atoms with Crippen molar-refractivity contribution in [2.45, 2.75) is 0 Å². The van der Waals surface area contributed by atoms with Crippen LogP contribution in [-0.2, 0) is 0 Å². The fourth-order valence-electron chi connectivity index (χ4n) is 1.30. The Morgan fingerprint density at radius 3 is 2.77 bits per heavy atom. The van der Waals surface area contributed by atoms with Gasteiger partial charge in [-0.1, -0.05) is 24.3 Å². The summed E-state index contributed by atoms with van der Waals surface area (Å²) in [5.74, 6) is -0.739. The average Bonchev–Trinajstić information content (AvgIpc) is 2.17. The van der Waals surface area contributed by atoms with Crippen LogP contribution in [0.4, 0.5) is 0 Å². The molecule has 1 aromatic heterocycles. The molecule has 0 aliphatic heterocycles. The molecule has 0 aliphatic rings. The summed E-state index contributed by atoms with van der Waals surface area (Å²) in [7, 11) is 0. The Bertz CT molecular complexity index is 460. The van der Waals surface area contributed by atoms with Crippen LogP contribution in [0.25, 0.3) is 10.8 Å². The minimum Gasteiger partial charge on any atom is -0.266 e. The van der Waals surface area contributed by atoms with Crippen molar-refractivity contribution in [3.63, 3.8) is 0 Å². The number of benzene rings is 1. The standard InChI is InChI=1S/C10H7N2O/c11-10(13)9-8-4-2-1-3-7(8)5-6-12-9/h1-6,11H. The average molecular weight is 171 g/mol. The highest BCUT2D eigenvalue weighted by Gasteiger charge is 2.06. The highest BCUT2D eigenvalue weighted by Crippen LogP contribution is 2.15. The molecule has 0 bridgehead atoms. The van der Waals surface area contributed by atoms with E-state index in [0.717, 1.165) is 10.8 Å². The summed E-state index contributed by atoms with van der Waals surface area (Å²) in [6.07, 6.45) is 1.55. The summed E-state index contributed by atoms with van der Waals surface area (Å²) >= 11 is 0. The van der Waals surface area contributed by atoms with Crippen molar-refractivity contribution in [1.29, 1.82) is 0 Å². The third-order valence-corrected chi connectivity index (χ3v) is 1.89. The first-order valence-electron chi connectivity index (χ1n) is 3.89. The second-order valence-electron chi connectivity index (χ2n) is 2.71. The van der Waals surface area contributed by atoms with Gasteiger partial charge in [-0.15, -0.1) is 0 Å². The van der Waals surface area contributed by atoms with Gasteiger partial charge in [-0.2, -0.15) is 0 Å². The number of nitrogens with zero attached hydrogens (tertiary/aromatic N) is 1. The predicted octanol–water partition coefficient (Wildman–Crippen LogP) is 1.66. The van der Waals surface area contributed by atoms with Crippen LogP contribution in [0.15, 0.2) is 36.5 Å². The highest BCUT2D eigenvalue weighted by atomic mass is 16.1. The monoisotopic (exact) mass is 171 g/mol. The SMILES string of the molecule is [NH]C(=O)c1nccc2ccccc12. The first-order valence-corrected chi connectivity index (χ1v) is 3.89. The van der Waals surface area contributed by atoms with Crippen molar-refractivity contribution in [2.75, 3.05) is 0 Å². The summed E-state index contributed by atoms with van der Waals surface area (Å²) in [5.41, 5.74) is 7.22. The lowest BCUT2D eigenvalue weighted by molar-refractivity contribution is 0.0989. The number of rotatable bonds is 1. The molecule has 1 amide bonds. The minimum atomic E-state index is -0.739. The number of carbonyl (C=O) groups excluding carboxylic acids is 1. The largest absolute Gasteiger partial charge is 0.288 e. The molecule has 0 unspecified atom stereocenters. The second-order valence-corrected chi connectivity index (χ2v) is 2.71. The maximum atomic E-state index is 10.9. The van der Waals surface area contributed by atoms with E-state index in [1.54, 1.807) is 12.3 Å². The Kier molecular flexibility index (Phi) is 1.70. The van der Waals surface area contributed by atoms with Crippen LogP contribution in [-0.4, -0.2) is 10.9 Å². The quantitative estimate of drug-likeness (QED) is 0.655. The Hall–Kier alpha value is -1.90. The molecule has 0 aliphatic carbocycles. The normalized spacial score (nSPS) is 10.2. The summed E-state index contributed by atoms with van der Waals surface area (Å²) in [4.78, 5) is 14.7. The number of carbonyl (C=O) groups is 1. The number of hydrogen-bond donors (Lipinski definition) is 0. The van der Waals surface area contributed by atoms with E-state index in [4.69, 9.17) is 5.73 Å². The van der Waals surface area contributed by atoms with Crippen molar-refractivity contribution in [3.8, 4) is 0 Å². The molecule has 0 spiro atoms. The molecule has 0 saturated carbocycles. The van der Waals surface area contributed by atoms with E-state index in [1.807, 2.05) is 24.3 Å². The molecule has 0 atom stereocenters. The third kappa shape index (κ3) is 1.24. The molecule has 63 valence electrons. The molecule has 13 heavy (non-hydrogen) atoms. The van der Waals surface area contributed by atoms with Gasteiger partial charge in [-0.3, -0.25) is 15.5 Å². The van der Waals surface area contributed by atoms with Crippen LogP contribution < -0.4 is 5.73 Å². The molecule has 3 heteroatoms. The van der Waals surface area contributed by atoms with Gasteiger partial charge >= 0.3 is 0 Å². The number of nitrogens with one attached hydrogen (secondary N) is 1. The molecule has 0 fully saturated rings. The maximum absolute atomic E-state index is 10.9. The molecule has 1 aromatic carbocycles. The molecule has 1 heterocycles. The van der Waals surface area contributed by atoms with E-state index in [1.165, 1.54) is 0 Å². The van der Waals surface area contributed by atoms with E-state index < -0.39 is 5.91 Å². The van der Waals surface area contributed by atoms with E-state index in [9.17, 15) is 4.79 Å². The number of amides is 1. The van der Waals surface area contributed by atoms with Crippen molar-refractivity contribution in [3.05, 3.63) is 42.2 Å². The van der Waals surface area contributed by atoms with Crippen LogP contribution in [0, 0.1) is 0 Å². The van der Waals surface area contributed by atoms with Gasteiger partial charge in [0.25, 0.3) is 5.91 Å². The van der Waals surface area contributed by atoms with Gasteiger partial charge < -0.3 is 0 Å². The fraction of sp³-hybridized carbons (Fsp3) is 0. The lowest BCUT2D eigenvalue weighted by atomic mass is 10.1. The molecule has 1 N–H and O–H groups in total. The molecule has 2 aromatic rings. The summed E-state index contributed by atoms with van der Waals surface area (Å²) in [5, 5.41) is 1.68. The Morgan fingerprint density at radius 2 is 2.00 bits per heavy atom. The fourth-order valence-corrected chi connectivity index (χ4v) is 1.30. The van der Waals surface area contributed by atoms with Crippen LogP contribution >= 0.6 is 0 Å². The van der Waals surface area contributed by atoms with Gasteiger partial charge in [-0.25, -0.2) is 0 Å². The zero-order chi connectivity index (χ0) is 9.26. The summed E-state index contributed by atoms with van der Waals surface area (Å²) < 4.78 is 0. The Labute approximate surface area is 75.2 Å². The van der Waals surface area contributed by atoms with Crippen LogP contribution in [0.2, 0.25) is 0 Å². The highest BCUT2D eigenvalue weighted by molar-refractivity contribution is 6.03. The molecule has 2 rings (SSSR count). The summed E-state index contributed by atoms with van der Waals surface area (Å²) in [6, 6.07) is 9.23. The predicted molar refractivity (Wildman–Crippen MR) is 49.2 cm³/mol. The van der Waals surface area contributed by atoms with Gasteiger partial charge in [0.05, 0.1) is 0 Å². The van der Waals surface area contributed by atoms with Crippen LogP contribution in [0.5, 0.6) is 0 Å². The number of fused-ring (bicyclic) bond motifs is 1. The van der Waals surface area contributed by atoms with E-state index >= 15 is 0 Å². The maximum Gasteiger partial charge on any atom is 0.288 e. The summed E-state index contributed by atoms with van der Waals surface area (Å²) in [6.45, 7) is 0. The molecular weight excluding hydrogens is 164 g/mol. The van der Waals surface area contributed by atoms with Gasteiger partial charge in [0.1, 0.15) is 5.69 Å². The number of aromatic nitrogens is 1. The van der Waals surface area contributed by atoms with E-state index in [-0.39, 0.29) is 5.69 Å². The van der Waals surface area contributed by atoms with Gasteiger partial charge in [0, 0.05) is 11.6 Å². The van der Waals surface area contributed by atoms with Crippen molar-refractivity contribution in [1.82, 2.24) is 10.7 Å². The number of pyridine rings is 1. The smallest absolute Gasteiger partial charge is 0.266 e. The van der Waals surface area contributed by atoms with Crippen LogP contribution in [0.1, 0.15) is 10.5 Å². The Morgan fingerprint density at radius 1 is 1.23 bits per heavy atom. The first kappa shape index (κ1) is 7.73. The third-order valence-electron chi connectivity index (χ3n) is 1.89.